The van der Waals surface area contributed by atoms with Gasteiger partial charge >= 0.3 is 0 Å². The Balaban J connectivity index is 1.81. The van der Waals surface area contributed by atoms with Crippen molar-refractivity contribution in [3.63, 3.8) is 0 Å². The first-order valence-electron chi connectivity index (χ1n) is 8.86. The van der Waals surface area contributed by atoms with Crippen LogP contribution in [0.2, 0.25) is 5.02 Å². The topological polar surface area (TPSA) is 92.3 Å². The van der Waals surface area contributed by atoms with Crippen LogP contribution in [0.1, 0.15) is 24.2 Å². The van der Waals surface area contributed by atoms with Gasteiger partial charge in [0.25, 0.3) is 5.91 Å². The number of hydrogen-bond donors (Lipinski definition) is 1. The highest BCUT2D eigenvalue weighted by atomic mass is 35.5. The second-order valence-electron chi connectivity index (χ2n) is 5.96. The lowest BCUT2D eigenvalue weighted by molar-refractivity contribution is 0.102. The maximum atomic E-state index is 12.7. The minimum absolute atomic E-state index is 0.0721. The second-order valence-corrected chi connectivity index (χ2v) is 9.29. The number of benzene rings is 2. The van der Waals surface area contributed by atoms with Crippen molar-refractivity contribution in [1.82, 2.24) is 14.5 Å². The Bertz CT molecular complexity index is 1130. The number of rotatable bonds is 7. The summed E-state index contributed by atoms with van der Waals surface area (Å²) in [6, 6.07) is 13.1. The molecule has 29 heavy (non-hydrogen) atoms. The van der Waals surface area contributed by atoms with Gasteiger partial charge in [0.1, 0.15) is 0 Å². The van der Waals surface area contributed by atoms with Crippen molar-refractivity contribution in [3.8, 4) is 10.6 Å². The van der Waals surface area contributed by atoms with E-state index in [9.17, 15) is 13.2 Å². The van der Waals surface area contributed by atoms with Gasteiger partial charge < -0.3 is 0 Å². The summed E-state index contributed by atoms with van der Waals surface area (Å²) in [5.41, 5.74) is 0.937. The summed E-state index contributed by atoms with van der Waals surface area (Å²) in [6.45, 7) is 4.24. The van der Waals surface area contributed by atoms with Crippen molar-refractivity contribution in [2.24, 2.45) is 0 Å². The number of nitrogens with one attached hydrogen (secondary N) is 1. The van der Waals surface area contributed by atoms with Gasteiger partial charge in [0.2, 0.25) is 15.2 Å². The van der Waals surface area contributed by atoms with Crippen molar-refractivity contribution in [2.45, 2.75) is 18.7 Å². The Hall–Kier alpha value is -2.33. The summed E-state index contributed by atoms with van der Waals surface area (Å²) in [5, 5.41) is 12.1. The van der Waals surface area contributed by atoms with E-state index >= 15 is 0 Å². The van der Waals surface area contributed by atoms with E-state index in [0.29, 0.717) is 28.3 Å². The number of sulfonamides is 1. The summed E-state index contributed by atoms with van der Waals surface area (Å²) >= 11 is 7.35. The molecule has 0 bridgehead atoms. The standard InChI is InChI=1S/C19H19ClN4O3S2/c1-3-24(4-2)29(26,27)14-9-7-8-13(12-14)17(25)21-19-23-22-18(28-19)15-10-5-6-11-16(15)20/h5-12H,3-4H2,1-2H3,(H,21,23,25). The summed E-state index contributed by atoms with van der Waals surface area (Å²) in [7, 11) is -3.65. The van der Waals surface area contributed by atoms with Gasteiger partial charge in [0.15, 0.2) is 5.01 Å². The van der Waals surface area contributed by atoms with Crippen molar-refractivity contribution < 1.29 is 13.2 Å². The van der Waals surface area contributed by atoms with Crippen molar-refractivity contribution in [3.05, 3.63) is 59.1 Å². The molecule has 0 atom stereocenters. The maximum absolute atomic E-state index is 12.7. The van der Waals surface area contributed by atoms with Crippen LogP contribution < -0.4 is 5.32 Å². The summed E-state index contributed by atoms with van der Waals surface area (Å²) in [5.74, 6) is -0.469. The fraction of sp³-hybridized carbons (Fsp3) is 0.211. The molecule has 0 saturated carbocycles. The third-order valence-corrected chi connectivity index (χ3v) is 7.44. The molecule has 0 unspecified atom stereocenters. The van der Waals surface area contributed by atoms with E-state index in [2.05, 4.69) is 15.5 Å². The van der Waals surface area contributed by atoms with Gasteiger partial charge in [-0.3, -0.25) is 10.1 Å². The fourth-order valence-corrected chi connectivity index (χ4v) is 5.26. The average molecular weight is 451 g/mol. The van der Waals surface area contributed by atoms with E-state index in [0.717, 1.165) is 5.56 Å². The van der Waals surface area contributed by atoms with Crippen LogP contribution in [0.4, 0.5) is 5.13 Å². The molecule has 1 amide bonds. The molecular formula is C19H19ClN4O3S2. The van der Waals surface area contributed by atoms with Crippen LogP contribution in [-0.4, -0.2) is 41.9 Å². The molecule has 1 aromatic heterocycles. The quantitative estimate of drug-likeness (QED) is 0.584. The molecule has 0 radical (unpaired) electrons. The molecule has 1 N–H and O–H groups in total. The Morgan fingerprint density at radius 3 is 2.52 bits per heavy atom. The maximum Gasteiger partial charge on any atom is 0.257 e. The zero-order valence-electron chi connectivity index (χ0n) is 15.8. The van der Waals surface area contributed by atoms with E-state index in [1.807, 2.05) is 18.2 Å². The van der Waals surface area contributed by atoms with E-state index in [1.165, 1.54) is 27.8 Å². The van der Waals surface area contributed by atoms with Gasteiger partial charge in [-0.25, -0.2) is 8.42 Å². The van der Waals surface area contributed by atoms with Crippen LogP contribution in [0, 0.1) is 0 Å². The highest BCUT2D eigenvalue weighted by Crippen LogP contribution is 2.31. The Morgan fingerprint density at radius 2 is 1.83 bits per heavy atom. The first-order chi connectivity index (χ1) is 13.9. The van der Waals surface area contributed by atoms with E-state index in [4.69, 9.17) is 11.6 Å². The molecule has 0 aliphatic rings. The normalized spacial score (nSPS) is 11.6. The van der Waals surface area contributed by atoms with E-state index in [1.54, 1.807) is 32.0 Å². The molecule has 1 heterocycles. The highest BCUT2D eigenvalue weighted by Gasteiger charge is 2.23. The van der Waals surface area contributed by atoms with Gasteiger partial charge in [0, 0.05) is 24.2 Å². The average Bonchev–Trinajstić information content (AvgIpc) is 3.17. The first-order valence-corrected chi connectivity index (χ1v) is 11.5. The minimum atomic E-state index is -3.65. The number of anilines is 1. The first kappa shape index (κ1) is 21.4. The number of amides is 1. The van der Waals surface area contributed by atoms with Crippen LogP contribution in [0.15, 0.2) is 53.4 Å². The molecule has 0 fully saturated rings. The third kappa shape index (κ3) is 4.64. The summed E-state index contributed by atoms with van der Waals surface area (Å²) < 4.78 is 26.7. The van der Waals surface area contributed by atoms with Gasteiger partial charge in [-0.2, -0.15) is 4.31 Å². The molecule has 10 heteroatoms. The van der Waals surface area contributed by atoms with Crippen molar-refractivity contribution in [1.29, 1.82) is 0 Å². The SMILES string of the molecule is CCN(CC)S(=O)(=O)c1cccc(C(=O)Nc2nnc(-c3ccccc3Cl)s2)c1. The van der Waals surface area contributed by atoms with Crippen molar-refractivity contribution >= 4 is 44.0 Å². The van der Waals surface area contributed by atoms with Crippen molar-refractivity contribution in [2.75, 3.05) is 18.4 Å². The third-order valence-electron chi connectivity index (χ3n) is 4.19. The molecule has 152 valence electrons. The molecule has 0 aliphatic carbocycles. The Labute approximate surface area is 178 Å². The van der Waals surface area contributed by atoms with Gasteiger partial charge in [-0.05, 0) is 24.3 Å². The number of carbonyl (C=O) groups excluding carboxylic acids is 1. The number of carbonyl (C=O) groups is 1. The zero-order chi connectivity index (χ0) is 21.0. The van der Waals surface area contributed by atoms with Crippen LogP contribution in [0.5, 0.6) is 0 Å². The predicted molar refractivity (Wildman–Crippen MR) is 115 cm³/mol. The monoisotopic (exact) mass is 450 g/mol. The van der Waals surface area contributed by atoms with Crippen LogP contribution >= 0.6 is 22.9 Å². The number of halogens is 1. The molecule has 2 aromatic carbocycles. The molecule has 3 aromatic rings. The summed E-state index contributed by atoms with van der Waals surface area (Å²) in [4.78, 5) is 12.7. The second kappa shape index (κ2) is 9.00. The Kier molecular flexibility index (Phi) is 6.63. The van der Waals surface area contributed by atoms with Gasteiger partial charge in [-0.1, -0.05) is 61.1 Å². The smallest absolute Gasteiger partial charge is 0.257 e. The van der Waals surface area contributed by atoms with E-state index < -0.39 is 15.9 Å². The highest BCUT2D eigenvalue weighted by molar-refractivity contribution is 7.89. The minimum Gasteiger partial charge on any atom is -0.296 e. The largest absolute Gasteiger partial charge is 0.296 e. The Morgan fingerprint density at radius 1 is 1.10 bits per heavy atom. The van der Waals surface area contributed by atoms with Gasteiger partial charge in [0.05, 0.1) is 9.92 Å². The van der Waals surface area contributed by atoms with Crippen LogP contribution in [0.25, 0.3) is 10.6 Å². The predicted octanol–water partition coefficient (Wildman–Crippen LogP) is 4.14. The van der Waals surface area contributed by atoms with Crippen LogP contribution in [0.3, 0.4) is 0 Å². The van der Waals surface area contributed by atoms with Crippen LogP contribution in [-0.2, 0) is 10.0 Å². The molecular weight excluding hydrogens is 432 g/mol. The fourth-order valence-electron chi connectivity index (χ4n) is 2.70. The molecule has 0 saturated heterocycles. The number of aromatic nitrogens is 2. The molecule has 7 nitrogen and oxygen atoms in total. The lowest BCUT2D eigenvalue weighted by Gasteiger charge is -2.18. The lowest BCUT2D eigenvalue weighted by Crippen LogP contribution is -2.30. The molecule has 0 aliphatic heterocycles. The number of hydrogen-bond acceptors (Lipinski definition) is 6. The molecule has 3 rings (SSSR count). The summed E-state index contributed by atoms with van der Waals surface area (Å²) in [6.07, 6.45) is 0. The molecule has 0 spiro atoms. The lowest BCUT2D eigenvalue weighted by atomic mass is 10.2. The van der Waals surface area contributed by atoms with E-state index in [-0.39, 0.29) is 10.5 Å². The number of nitrogens with zero attached hydrogens (tertiary/aromatic N) is 3. The van der Waals surface area contributed by atoms with Gasteiger partial charge in [-0.15, -0.1) is 10.2 Å². The zero-order valence-corrected chi connectivity index (χ0v) is 18.2.